The molecule has 2 fully saturated rings. The number of amides is 2. The molecule has 3 atom stereocenters. The highest BCUT2D eigenvalue weighted by atomic mass is 16.6. The van der Waals surface area contributed by atoms with E-state index in [1.807, 2.05) is 11.8 Å². The lowest BCUT2D eigenvalue weighted by Crippen LogP contribution is -2.52. The quantitative estimate of drug-likeness (QED) is 0.764. The molecule has 2 N–H and O–H groups in total. The number of rotatable bonds is 6. The van der Waals surface area contributed by atoms with Gasteiger partial charge in [-0.1, -0.05) is 0 Å². The Hall–Kier alpha value is -2.15. The average molecular weight is 346 g/mol. The molecule has 2 amide bonds. The monoisotopic (exact) mass is 346 g/mol. The van der Waals surface area contributed by atoms with E-state index in [0.29, 0.717) is 24.8 Å². The van der Waals surface area contributed by atoms with E-state index in [9.17, 15) is 9.59 Å². The molecule has 0 aromatic carbocycles. The number of pyridine rings is 1. The standard InChI is InChI=1S/C18H26N4O3/c1-2-25-18(24)22-15-3-4-16(22)12-14(11-15)20-9-10-21-17(23)13-5-7-19-8-6-13/h5-8,14-16,20H,2-4,9-12H2,1H3,(H,21,23)/t14?,15-,16+. The van der Waals surface area contributed by atoms with Crippen molar-refractivity contribution >= 4 is 12.0 Å². The fourth-order valence-corrected chi connectivity index (χ4v) is 3.90. The van der Waals surface area contributed by atoms with E-state index >= 15 is 0 Å². The second-order valence-corrected chi connectivity index (χ2v) is 6.61. The van der Waals surface area contributed by atoms with E-state index in [1.54, 1.807) is 24.5 Å². The van der Waals surface area contributed by atoms with Gasteiger partial charge in [-0.25, -0.2) is 4.79 Å². The van der Waals surface area contributed by atoms with E-state index in [0.717, 1.165) is 32.2 Å². The summed E-state index contributed by atoms with van der Waals surface area (Å²) in [6.07, 6.45) is 7.07. The number of fused-ring (bicyclic) bond motifs is 2. The third kappa shape index (κ3) is 4.28. The second-order valence-electron chi connectivity index (χ2n) is 6.61. The number of aromatic nitrogens is 1. The predicted octanol–water partition coefficient (Wildman–Crippen LogP) is 1.55. The number of piperidine rings is 1. The lowest BCUT2D eigenvalue weighted by atomic mass is 9.98. The highest BCUT2D eigenvalue weighted by Gasteiger charge is 2.43. The van der Waals surface area contributed by atoms with Crippen molar-refractivity contribution in [2.75, 3.05) is 19.7 Å². The summed E-state index contributed by atoms with van der Waals surface area (Å²) in [4.78, 5) is 29.9. The van der Waals surface area contributed by atoms with Gasteiger partial charge in [-0.05, 0) is 44.7 Å². The number of carbonyl (C=O) groups is 2. The third-order valence-corrected chi connectivity index (χ3v) is 5.00. The van der Waals surface area contributed by atoms with Crippen LogP contribution >= 0.6 is 0 Å². The molecule has 1 unspecified atom stereocenters. The fourth-order valence-electron chi connectivity index (χ4n) is 3.90. The number of ether oxygens (including phenoxy) is 1. The maximum atomic E-state index is 12.1. The SMILES string of the molecule is CCOC(=O)N1[C@@H]2CC[C@H]1CC(NCCNC(=O)c1ccncc1)C2. The summed E-state index contributed by atoms with van der Waals surface area (Å²) in [6, 6.07) is 4.35. The van der Waals surface area contributed by atoms with Gasteiger partial charge in [-0.15, -0.1) is 0 Å². The zero-order valence-electron chi connectivity index (χ0n) is 14.6. The van der Waals surface area contributed by atoms with Crippen LogP contribution in [0.1, 0.15) is 43.0 Å². The smallest absolute Gasteiger partial charge is 0.410 e. The van der Waals surface area contributed by atoms with E-state index in [4.69, 9.17) is 4.74 Å². The van der Waals surface area contributed by atoms with Crippen molar-refractivity contribution in [3.05, 3.63) is 30.1 Å². The van der Waals surface area contributed by atoms with Crippen molar-refractivity contribution in [1.29, 1.82) is 0 Å². The molecule has 2 saturated heterocycles. The molecule has 0 saturated carbocycles. The Balaban J connectivity index is 1.39. The Labute approximate surface area is 148 Å². The lowest BCUT2D eigenvalue weighted by Gasteiger charge is -2.38. The Morgan fingerprint density at radius 1 is 1.20 bits per heavy atom. The molecule has 2 aliphatic rings. The van der Waals surface area contributed by atoms with Crippen LogP contribution in [0.5, 0.6) is 0 Å². The van der Waals surface area contributed by atoms with Crippen LogP contribution in [0.15, 0.2) is 24.5 Å². The molecule has 0 radical (unpaired) electrons. The molecule has 1 aromatic heterocycles. The van der Waals surface area contributed by atoms with Gasteiger partial charge < -0.3 is 20.3 Å². The predicted molar refractivity (Wildman–Crippen MR) is 93.3 cm³/mol. The molecule has 3 rings (SSSR count). The zero-order valence-corrected chi connectivity index (χ0v) is 14.6. The molecule has 25 heavy (non-hydrogen) atoms. The van der Waals surface area contributed by atoms with Crippen LogP contribution in [-0.4, -0.2) is 59.7 Å². The Morgan fingerprint density at radius 2 is 1.88 bits per heavy atom. The topological polar surface area (TPSA) is 83.6 Å². The van der Waals surface area contributed by atoms with Crippen LogP contribution in [-0.2, 0) is 4.74 Å². The van der Waals surface area contributed by atoms with Gasteiger partial charge in [0.05, 0.1) is 6.61 Å². The Morgan fingerprint density at radius 3 is 2.52 bits per heavy atom. The molecule has 136 valence electrons. The van der Waals surface area contributed by atoms with Crippen LogP contribution in [0.2, 0.25) is 0 Å². The van der Waals surface area contributed by atoms with E-state index in [-0.39, 0.29) is 24.1 Å². The summed E-state index contributed by atoms with van der Waals surface area (Å²) < 4.78 is 5.18. The van der Waals surface area contributed by atoms with Crippen LogP contribution in [0, 0.1) is 0 Å². The molecule has 7 heteroatoms. The minimum atomic E-state index is -0.168. The number of hydrogen-bond acceptors (Lipinski definition) is 5. The fraction of sp³-hybridized carbons (Fsp3) is 0.611. The largest absolute Gasteiger partial charge is 0.450 e. The Kier molecular flexibility index (Phi) is 5.86. The molecule has 3 heterocycles. The molecule has 7 nitrogen and oxygen atoms in total. The maximum absolute atomic E-state index is 12.1. The van der Waals surface area contributed by atoms with E-state index < -0.39 is 0 Å². The van der Waals surface area contributed by atoms with Gasteiger partial charge in [-0.3, -0.25) is 9.78 Å². The van der Waals surface area contributed by atoms with Crippen LogP contribution in [0.25, 0.3) is 0 Å². The number of hydrogen-bond donors (Lipinski definition) is 2. The normalized spacial score (nSPS) is 24.8. The minimum absolute atomic E-state index is 0.0820. The van der Waals surface area contributed by atoms with Crippen molar-refractivity contribution in [3.8, 4) is 0 Å². The van der Waals surface area contributed by atoms with Gasteiger partial charge in [0.25, 0.3) is 5.91 Å². The summed E-state index contributed by atoms with van der Waals surface area (Å²) in [7, 11) is 0. The van der Waals surface area contributed by atoms with Crippen LogP contribution in [0.3, 0.4) is 0 Å². The first kappa shape index (κ1) is 17.7. The molecule has 2 bridgehead atoms. The molecular formula is C18H26N4O3. The maximum Gasteiger partial charge on any atom is 0.410 e. The number of nitrogens with zero attached hydrogens (tertiary/aromatic N) is 2. The summed E-state index contributed by atoms with van der Waals surface area (Å²) in [5.74, 6) is -0.0820. The second kappa shape index (κ2) is 8.29. The molecule has 1 aromatic rings. The molecule has 0 aliphatic carbocycles. The first-order chi connectivity index (χ1) is 12.2. The average Bonchev–Trinajstić information content (AvgIpc) is 2.90. The highest BCUT2D eigenvalue weighted by molar-refractivity contribution is 5.93. The van der Waals surface area contributed by atoms with Crippen molar-refractivity contribution in [2.45, 2.75) is 50.7 Å². The van der Waals surface area contributed by atoms with Gasteiger partial charge in [0.1, 0.15) is 0 Å². The Bertz CT molecular complexity index is 581. The third-order valence-electron chi connectivity index (χ3n) is 5.00. The minimum Gasteiger partial charge on any atom is -0.450 e. The zero-order chi connectivity index (χ0) is 17.6. The summed E-state index contributed by atoms with van der Waals surface area (Å²) in [6.45, 7) is 3.57. The van der Waals surface area contributed by atoms with E-state index in [2.05, 4.69) is 15.6 Å². The van der Waals surface area contributed by atoms with Gasteiger partial charge in [0, 0.05) is 49.2 Å². The lowest BCUT2D eigenvalue weighted by molar-refractivity contribution is 0.0659. The van der Waals surface area contributed by atoms with Crippen LogP contribution < -0.4 is 10.6 Å². The van der Waals surface area contributed by atoms with Crippen LogP contribution in [0.4, 0.5) is 4.79 Å². The highest BCUT2D eigenvalue weighted by Crippen LogP contribution is 2.36. The van der Waals surface area contributed by atoms with E-state index in [1.165, 1.54) is 0 Å². The van der Waals surface area contributed by atoms with Gasteiger partial charge in [0.2, 0.25) is 0 Å². The van der Waals surface area contributed by atoms with Crippen molar-refractivity contribution in [3.63, 3.8) is 0 Å². The molecule has 2 aliphatic heterocycles. The van der Waals surface area contributed by atoms with Gasteiger partial charge in [-0.2, -0.15) is 0 Å². The first-order valence-corrected chi connectivity index (χ1v) is 9.05. The summed E-state index contributed by atoms with van der Waals surface area (Å²) in [5, 5.41) is 6.42. The first-order valence-electron chi connectivity index (χ1n) is 9.05. The van der Waals surface area contributed by atoms with Gasteiger partial charge >= 0.3 is 6.09 Å². The molecular weight excluding hydrogens is 320 g/mol. The summed E-state index contributed by atoms with van der Waals surface area (Å²) >= 11 is 0. The molecule has 0 spiro atoms. The van der Waals surface area contributed by atoms with Crippen molar-refractivity contribution < 1.29 is 14.3 Å². The van der Waals surface area contributed by atoms with Gasteiger partial charge in [0.15, 0.2) is 0 Å². The summed E-state index contributed by atoms with van der Waals surface area (Å²) in [5.41, 5.74) is 0.621. The number of carbonyl (C=O) groups excluding carboxylic acids is 2. The number of nitrogens with one attached hydrogen (secondary N) is 2. The van der Waals surface area contributed by atoms with Crippen molar-refractivity contribution in [2.24, 2.45) is 0 Å². The van der Waals surface area contributed by atoms with Crippen molar-refractivity contribution in [1.82, 2.24) is 20.5 Å².